The Morgan fingerprint density at radius 3 is 2.88 bits per heavy atom. The summed E-state index contributed by atoms with van der Waals surface area (Å²) in [7, 11) is 0. The van der Waals surface area contributed by atoms with E-state index < -0.39 is 0 Å². The van der Waals surface area contributed by atoms with Crippen LogP contribution in [0.25, 0.3) is 0 Å². The van der Waals surface area contributed by atoms with E-state index in [2.05, 4.69) is 39.9 Å². The van der Waals surface area contributed by atoms with Crippen molar-refractivity contribution in [3.05, 3.63) is 40.0 Å². The maximum absolute atomic E-state index is 4.20. The van der Waals surface area contributed by atoms with Crippen molar-refractivity contribution in [1.29, 1.82) is 0 Å². The van der Waals surface area contributed by atoms with Crippen molar-refractivity contribution in [2.45, 2.75) is 26.8 Å². The number of rotatable bonds is 4. The minimum atomic E-state index is 0.829. The second kappa shape index (κ2) is 5.07. The maximum atomic E-state index is 4.20. The van der Waals surface area contributed by atoms with Gasteiger partial charge >= 0.3 is 0 Å². The standard InChI is InChI=1S/C12H15N3S/c1-3-11-4-12(15-8-14-11)13-5-10-7-16-6-9(10)2/h4,6-8H,3,5H2,1-2H3,(H,13,14,15). The zero-order chi connectivity index (χ0) is 11.4. The van der Waals surface area contributed by atoms with Gasteiger partial charge in [-0.05, 0) is 35.2 Å². The van der Waals surface area contributed by atoms with E-state index in [1.54, 1.807) is 17.7 Å². The van der Waals surface area contributed by atoms with Gasteiger partial charge < -0.3 is 5.32 Å². The average molecular weight is 233 g/mol. The lowest BCUT2D eigenvalue weighted by Gasteiger charge is -2.05. The number of hydrogen-bond donors (Lipinski definition) is 1. The Balaban J connectivity index is 2.02. The van der Waals surface area contributed by atoms with Crippen LogP contribution in [0.3, 0.4) is 0 Å². The van der Waals surface area contributed by atoms with Crippen LogP contribution in [0.1, 0.15) is 23.7 Å². The monoisotopic (exact) mass is 233 g/mol. The quantitative estimate of drug-likeness (QED) is 0.882. The molecule has 2 aromatic rings. The van der Waals surface area contributed by atoms with Crippen molar-refractivity contribution in [1.82, 2.24) is 9.97 Å². The molecule has 0 bridgehead atoms. The van der Waals surface area contributed by atoms with Crippen LogP contribution in [0.4, 0.5) is 5.82 Å². The molecule has 0 fully saturated rings. The summed E-state index contributed by atoms with van der Waals surface area (Å²) in [6.07, 6.45) is 2.55. The number of thiophene rings is 1. The molecule has 1 N–H and O–H groups in total. The van der Waals surface area contributed by atoms with E-state index in [-0.39, 0.29) is 0 Å². The molecule has 0 aliphatic heterocycles. The fourth-order valence-corrected chi connectivity index (χ4v) is 2.30. The maximum Gasteiger partial charge on any atom is 0.129 e. The van der Waals surface area contributed by atoms with Gasteiger partial charge in [-0.3, -0.25) is 0 Å². The lowest BCUT2D eigenvalue weighted by molar-refractivity contribution is 0.986. The summed E-state index contributed by atoms with van der Waals surface area (Å²) >= 11 is 1.74. The Bertz CT molecular complexity index is 465. The molecule has 0 radical (unpaired) electrons. The van der Waals surface area contributed by atoms with Crippen molar-refractivity contribution < 1.29 is 0 Å². The summed E-state index contributed by atoms with van der Waals surface area (Å²) < 4.78 is 0. The van der Waals surface area contributed by atoms with Crippen molar-refractivity contribution >= 4 is 17.2 Å². The highest BCUT2D eigenvalue weighted by Crippen LogP contribution is 2.15. The Morgan fingerprint density at radius 1 is 1.31 bits per heavy atom. The highest BCUT2D eigenvalue weighted by atomic mass is 32.1. The molecule has 0 saturated heterocycles. The van der Waals surface area contributed by atoms with E-state index in [0.717, 1.165) is 24.5 Å². The van der Waals surface area contributed by atoms with Gasteiger partial charge in [-0.25, -0.2) is 9.97 Å². The van der Waals surface area contributed by atoms with Gasteiger partial charge in [0.15, 0.2) is 0 Å². The fraction of sp³-hybridized carbons (Fsp3) is 0.333. The van der Waals surface area contributed by atoms with Crippen molar-refractivity contribution in [2.24, 2.45) is 0 Å². The number of nitrogens with one attached hydrogen (secondary N) is 1. The third-order valence-corrected chi connectivity index (χ3v) is 3.42. The molecule has 2 heterocycles. The molecule has 0 unspecified atom stereocenters. The van der Waals surface area contributed by atoms with Crippen molar-refractivity contribution in [3.63, 3.8) is 0 Å². The predicted molar refractivity (Wildman–Crippen MR) is 67.8 cm³/mol. The molecule has 2 rings (SSSR count). The van der Waals surface area contributed by atoms with Crippen LogP contribution in [0.5, 0.6) is 0 Å². The average Bonchev–Trinajstić information content (AvgIpc) is 2.72. The highest BCUT2D eigenvalue weighted by molar-refractivity contribution is 7.08. The smallest absolute Gasteiger partial charge is 0.129 e. The van der Waals surface area contributed by atoms with Gasteiger partial charge in [0.1, 0.15) is 12.1 Å². The van der Waals surface area contributed by atoms with Crippen LogP contribution < -0.4 is 5.32 Å². The third-order valence-electron chi connectivity index (χ3n) is 2.51. The summed E-state index contributed by atoms with van der Waals surface area (Å²) in [5, 5.41) is 7.65. The molecule has 0 aliphatic carbocycles. The van der Waals surface area contributed by atoms with Crippen LogP contribution >= 0.6 is 11.3 Å². The number of nitrogens with zero attached hydrogens (tertiary/aromatic N) is 2. The van der Waals surface area contributed by atoms with Gasteiger partial charge in [-0.1, -0.05) is 6.92 Å². The first-order valence-corrected chi connectivity index (χ1v) is 6.30. The van der Waals surface area contributed by atoms with Gasteiger partial charge in [0.2, 0.25) is 0 Å². The molecule has 3 nitrogen and oxygen atoms in total. The largest absolute Gasteiger partial charge is 0.366 e. The van der Waals surface area contributed by atoms with Gasteiger partial charge in [-0.2, -0.15) is 11.3 Å². The van der Waals surface area contributed by atoms with Crippen LogP contribution in [-0.2, 0) is 13.0 Å². The number of anilines is 1. The molecule has 4 heteroatoms. The molecule has 84 valence electrons. The molecule has 0 aliphatic rings. The first-order chi connectivity index (χ1) is 7.79. The number of hydrogen-bond acceptors (Lipinski definition) is 4. The SMILES string of the molecule is CCc1cc(NCc2cscc2C)ncn1. The lowest BCUT2D eigenvalue weighted by atomic mass is 10.2. The number of aryl methyl sites for hydroxylation is 2. The molecule has 2 aromatic heterocycles. The topological polar surface area (TPSA) is 37.8 Å². The van der Waals surface area contributed by atoms with E-state index >= 15 is 0 Å². The van der Waals surface area contributed by atoms with E-state index in [1.807, 2.05) is 6.07 Å². The molecule has 0 aromatic carbocycles. The second-order valence-corrected chi connectivity index (χ2v) is 4.43. The van der Waals surface area contributed by atoms with E-state index in [0.29, 0.717) is 0 Å². The van der Waals surface area contributed by atoms with Gasteiger partial charge in [0.05, 0.1) is 0 Å². The highest BCUT2D eigenvalue weighted by Gasteiger charge is 2.00. The van der Waals surface area contributed by atoms with Crippen molar-refractivity contribution in [3.8, 4) is 0 Å². The molecule has 0 atom stereocenters. The minimum absolute atomic E-state index is 0.829. The lowest BCUT2D eigenvalue weighted by Crippen LogP contribution is -2.02. The third kappa shape index (κ3) is 2.58. The summed E-state index contributed by atoms with van der Waals surface area (Å²) in [4.78, 5) is 8.37. The predicted octanol–water partition coefficient (Wildman–Crippen LogP) is 3.02. The minimum Gasteiger partial charge on any atom is -0.366 e. The summed E-state index contributed by atoms with van der Waals surface area (Å²) in [5.41, 5.74) is 3.74. The molecule has 0 saturated carbocycles. The molecule has 16 heavy (non-hydrogen) atoms. The van der Waals surface area contributed by atoms with Crippen LogP contribution in [0, 0.1) is 6.92 Å². The Morgan fingerprint density at radius 2 is 2.19 bits per heavy atom. The van der Waals surface area contributed by atoms with Crippen LogP contribution in [0.15, 0.2) is 23.2 Å². The summed E-state index contributed by atoms with van der Waals surface area (Å²) in [5.74, 6) is 0.900. The van der Waals surface area contributed by atoms with E-state index in [9.17, 15) is 0 Å². The van der Waals surface area contributed by atoms with Gasteiger partial charge in [0, 0.05) is 18.3 Å². The zero-order valence-electron chi connectivity index (χ0n) is 9.53. The fourth-order valence-electron chi connectivity index (χ4n) is 1.44. The second-order valence-electron chi connectivity index (χ2n) is 3.68. The summed E-state index contributed by atoms with van der Waals surface area (Å²) in [6, 6.07) is 2.00. The van der Waals surface area contributed by atoms with Crippen LogP contribution in [0.2, 0.25) is 0 Å². The van der Waals surface area contributed by atoms with Crippen molar-refractivity contribution in [2.75, 3.05) is 5.32 Å². The number of aromatic nitrogens is 2. The molecule has 0 amide bonds. The normalized spacial score (nSPS) is 10.4. The Hall–Kier alpha value is -1.42. The Labute approximate surface area is 99.6 Å². The molecular weight excluding hydrogens is 218 g/mol. The molecular formula is C12H15N3S. The van der Waals surface area contributed by atoms with E-state index in [1.165, 1.54) is 11.1 Å². The summed E-state index contributed by atoms with van der Waals surface area (Å²) in [6.45, 7) is 5.05. The first-order valence-electron chi connectivity index (χ1n) is 5.36. The first kappa shape index (κ1) is 11.1. The van der Waals surface area contributed by atoms with Gasteiger partial charge in [0.25, 0.3) is 0 Å². The Kier molecular flexibility index (Phi) is 3.51. The van der Waals surface area contributed by atoms with E-state index in [4.69, 9.17) is 0 Å². The molecule has 0 spiro atoms. The van der Waals surface area contributed by atoms with Gasteiger partial charge in [-0.15, -0.1) is 0 Å². The van der Waals surface area contributed by atoms with Crippen LogP contribution in [-0.4, -0.2) is 9.97 Å². The zero-order valence-corrected chi connectivity index (χ0v) is 10.3.